The van der Waals surface area contributed by atoms with Gasteiger partial charge in [-0.3, -0.25) is 9.59 Å². The fourth-order valence-electron chi connectivity index (χ4n) is 2.58. The zero-order valence-electron chi connectivity index (χ0n) is 16.4. The number of nitrogen functional groups attached to an aromatic ring is 1. The molecule has 0 fully saturated rings. The van der Waals surface area contributed by atoms with Crippen LogP contribution in [-0.4, -0.2) is 22.0 Å². The van der Waals surface area contributed by atoms with E-state index in [1.165, 1.54) is 24.3 Å². The van der Waals surface area contributed by atoms with E-state index in [9.17, 15) is 18.8 Å². The van der Waals surface area contributed by atoms with E-state index in [-0.39, 0.29) is 36.9 Å². The van der Waals surface area contributed by atoms with Gasteiger partial charge in [-0.25, -0.2) is 14.2 Å². The number of rotatable bonds is 7. The number of nitrogens with zero attached hydrogens (tertiary/aromatic N) is 1. The molecule has 1 aromatic heterocycles. The largest absolute Gasteiger partial charge is 0.445 e. The average Bonchev–Trinajstić information content (AvgIpc) is 2.78. The Balaban J connectivity index is 1.59. The molecule has 0 bridgehead atoms. The summed E-state index contributed by atoms with van der Waals surface area (Å²) in [4.78, 5) is 42.7. The molecular weight excluding hydrogens is 405 g/mol. The van der Waals surface area contributed by atoms with Crippen molar-refractivity contribution in [3.8, 4) is 0 Å². The van der Waals surface area contributed by atoms with Crippen LogP contribution in [0.4, 0.5) is 14.9 Å². The summed E-state index contributed by atoms with van der Waals surface area (Å²) in [5.41, 5.74) is 5.81. The first-order chi connectivity index (χ1) is 14.9. The van der Waals surface area contributed by atoms with Crippen LogP contribution in [0, 0.1) is 5.82 Å². The van der Waals surface area contributed by atoms with E-state index >= 15 is 0 Å². The number of anilines is 1. The molecule has 160 valence electrons. The number of aromatic nitrogens is 2. The number of nitrogens with two attached hydrogens (primary N) is 1. The third-order valence-electron chi connectivity index (χ3n) is 4.20. The summed E-state index contributed by atoms with van der Waals surface area (Å²) in [6.07, 6.45) is -0.717. The molecule has 1 heterocycles. The Morgan fingerprint density at radius 1 is 1.00 bits per heavy atom. The van der Waals surface area contributed by atoms with Gasteiger partial charge in [-0.05, 0) is 23.3 Å². The maximum absolute atomic E-state index is 13.0. The quantitative estimate of drug-likeness (QED) is 0.456. The molecule has 0 aliphatic carbocycles. The highest BCUT2D eigenvalue weighted by molar-refractivity contribution is 5.96. The first kappa shape index (κ1) is 21.5. The monoisotopic (exact) mass is 425 g/mol. The number of amides is 2. The third-order valence-corrected chi connectivity index (χ3v) is 4.20. The van der Waals surface area contributed by atoms with Crippen LogP contribution in [0.15, 0.2) is 59.4 Å². The summed E-state index contributed by atoms with van der Waals surface area (Å²) >= 11 is 0. The Morgan fingerprint density at radius 2 is 1.71 bits per heavy atom. The molecule has 0 atom stereocenters. The van der Waals surface area contributed by atoms with Gasteiger partial charge in [0.05, 0.1) is 6.54 Å². The van der Waals surface area contributed by atoms with Crippen molar-refractivity contribution < 1.29 is 18.7 Å². The molecule has 0 radical (unpaired) electrons. The van der Waals surface area contributed by atoms with Crippen LogP contribution in [0.3, 0.4) is 0 Å². The first-order valence-corrected chi connectivity index (χ1v) is 9.28. The van der Waals surface area contributed by atoms with E-state index in [1.807, 2.05) is 30.3 Å². The molecule has 0 aliphatic heterocycles. The SMILES string of the molecule is Nc1c(C(=O)NCc2ccc(F)cc2)nc(CNC(=O)OCc2ccccc2)[nH]c1=O. The molecule has 0 unspecified atom stereocenters. The van der Waals surface area contributed by atoms with E-state index in [1.54, 1.807) is 0 Å². The Hall–Kier alpha value is -4.21. The lowest BCUT2D eigenvalue weighted by molar-refractivity contribution is 0.0946. The summed E-state index contributed by atoms with van der Waals surface area (Å²) in [5.74, 6) is -1.04. The second-order valence-corrected chi connectivity index (χ2v) is 6.50. The van der Waals surface area contributed by atoms with Gasteiger partial charge in [-0.2, -0.15) is 0 Å². The fourth-order valence-corrected chi connectivity index (χ4v) is 2.58. The minimum atomic E-state index is -0.717. The lowest BCUT2D eigenvalue weighted by atomic mass is 10.2. The first-order valence-electron chi connectivity index (χ1n) is 9.28. The Morgan fingerprint density at radius 3 is 2.42 bits per heavy atom. The number of H-pyrrole nitrogens is 1. The lowest BCUT2D eigenvalue weighted by Crippen LogP contribution is -2.31. The van der Waals surface area contributed by atoms with Gasteiger partial charge in [-0.15, -0.1) is 0 Å². The van der Waals surface area contributed by atoms with Gasteiger partial charge in [0.15, 0.2) is 5.69 Å². The number of benzene rings is 2. The molecular formula is C21H20FN5O4. The zero-order valence-corrected chi connectivity index (χ0v) is 16.4. The van der Waals surface area contributed by atoms with Crippen molar-refractivity contribution >= 4 is 17.7 Å². The topological polar surface area (TPSA) is 139 Å². The summed E-state index contributed by atoms with van der Waals surface area (Å²) in [6.45, 7) is -0.0107. The van der Waals surface area contributed by atoms with Gasteiger partial charge < -0.3 is 26.1 Å². The molecule has 2 amide bonds. The van der Waals surface area contributed by atoms with E-state index < -0.39 is 23.4 Å². The number of carbonyl (C=O) groups is 2. The fraction of sp³-hybridized carbons (Fsp3) is 0.143. The van der Waals surface area contributed by atoms with Crippen molar-refractivity contribution in [3.63, 3.8) is 0 Å². The molecule has 31 heavy (non-hydrogen) atoms. The molecule has 3 rings (SSSR count). The van der Waals surface area contributed by atoms with Gasteiger partial charge >= 0.3 is 6.09 Å². The van der Waals surface area contributed by atoms with E-state index in [0.29, 0.717) is 5.56 Å². The minimum Gasteiger partial charge on any atom is -0.445 e. The number of hydrogen-bond acceptors (Lipinski definition) is 6. The van der Waals surface area contributed by atoms with Crippen LogP contribution in [0.25, 0.3) is 0 Å². The molecule has 10 heteroatoms. The molecule has 2 aromatic carbocycles. The second kappa shape index (κ2) is 10.0. The highest BCUT2D eigenvalue weighted by atomic mass is 19.1. The molecule has 0 saturated heterocycles. The standard InChI is InChI=1S/C21H20FN5O4/c22-15-8-6-13(7-9-15)10-24-20(29)18-17(23)19(28)27-16(26-18)11-25-21(30)31-12-14-4-2-1-3-5-14/h1-9H,10-12,23H2,(H,24,29)(H,25,30)(H,26,27,28). The number of ether oxygens (including phenoxy) is 1. The molecule has 0 aliphatic rings. The number of alkyl carbamates (subject to hydrolysis) is 1. The highest BCUT2D eigenvalue weighted by Crippen LogP contribution is 2.06. The summed E-state index contributed by atoms with van der Waals surface area (Å²) in [6, 6.07) is 14.7. The lowest BCUT2D eigenvalue weighted by Gasteiger charge is -2.10. The maximum Gasteiger partial charge on any atom is 0.407 e. The van der Waals surface area contributed by atoms with Gasteiger partial charge in [-0.1, -0.05) is 42.5 Å². The smallest absolute Gasteiger partial charge is 0.407 e. The van der Waals surface area contributed by atoms with Crippen molar-refractivity contribution in [1.82, 2.24) is 20.6 Å². The summed E-state index contributed by atoms with van der Waals surface area (Å²) < 4.78 is 18.0. The van der Waals surface area contributed by atoms with Crippen molar-refractivity contribution in [2.75, 3.05) is 5.73 Å². The normalized spacial score (nSPS) is 10.4. The predicted molar refractivity (Wildman–Crippen MR) is 110 cm³/mol. The molecule has 5 N–H and O–H groups in total. The summed E-state index contributed by atoms with van der Waals surface area (Å²) in [7, 11) is 0. The van der Waals surface area contributed by atoms with E-state index in [2.05, 4.69) is 20.6 Å². The molecule has 9 nitrogen and oxygen atoms in total. The average molecular weight is 425 g/mol. The van der Waals surface area contributed by atoms with E-state index in [0.717, 1.165) is 5.56 Å². The third kappa shape index (κ3) is 6.13. The van der Waals surface area contributed by atoms with Crippen LogP contribution >= 0.6 is 0 Å². The van der Waals surface area contributed by atoms with Gasteiger partial charge in [0.1, 0.15) is 23.9 Å². The maximum atomic E-state index is 13.0. The Kier molecular flexibility index (Phi) is 6.94. The van der Waals surface area contributed by atoms with Crippen LogP contribution in [0.2, 0.25) is 0 Å². The minimum absolute atomic E-state index is 0.0304. The second-order valence-electron chi connectivity index (χ2n) is 6.50. The number of nitrogens with one attached hydrogen (secondary N) is 3. The van der Waals surface area contributed by atoms with Gasteiger partial charge in [0.2, 0.25) is 0 Å². The Labute approximate surface area is 176 Å². The van der Waals surface area contributed by atoms with Crippen molar-refractivity contribution in [3.05, 3.63) is 93.4 Å². The molecule has 0 saturated carbocycles. The number of aromatic amines is 1. The highest BCUT2D eigenvalue weighted by Gasteiger charge is 2.16. The van der Waals surface area contributed by atoms with Crippen molar-refractivity contribution in [1.29, 1.82) is 0 Å². The zero-order chi connectivity index (χ0) is 22.2. The van der Waals surface area contributed by atoms with Crippen LogP contribution < -0.4 is 21.9 Å². The number of halogens is 1. The van der Waals surface area contributed by atoms with E-state index in [4.69, 9.17) is 10.5 Å². The predicted octanol–water partition coefficient (Wildman–Crippen LogP) is 1.85. The summed E-state index contributed by atoms with van der Waals surface area (Å²) in [5, 5.41) is 5.01. The van der Waals surface area contributed by atoms with Gasteiger partial charge in [0, 0.05) is 6.54 Å². The number of hydrogen-bond donors (Lipinski definition) is 4. The van der Waals surface area contributed by atoms with Crippen LogP contribution in [0.1, 0.15) is 27.4 Å². The Bertz CT molecular complexity index is 1120. The van der Waals surface area contributed by atoms with Crippen LogP contribution in [-0.2, 0) is 24.4 Å². The number of carbonyl (C=O) groups excluding carboxylic acids is 2. The van der Waals surface area contributed by atoms with Crippen LogP contribution in [0.5, 0.6) is 0 Å². The molecule has 3 aromatic rings. The van der Waals surface area contributed by atoms with Crippen molar-refractivity contribution in [2.45, 2.75) is 19.7 Å². The molecule has 0 spiro atoms. The van der Waals surface area contributed by atoms with Crippen molar-refractivity contribution in [2.24, 2.45) is 0 Å². The van der Waals surface area contributed by atoms with Gasteiger partial charge in [0.25, 0.3) is 11.5 Å².